The summed E-state index contributed by atoms with van der Waals surface area (Å²) in [5.41, 5.74) is 1.02. The first kappa shape index (κ1) is 11.2. The van der Waals surface area contributed by atoms with Crippen LogP contribution in [0.5, 0.6) is 11.5 Å². The summed E-state index contributed by atoms with van der Waals surface area (Å²) in [6.07, 6.45) is 0. The van der Waals surface area contributed by atoms with Gasteiger partial charge in [0.2, 0.25) is 0 Å². The van der Waals surface area contributed by atoms with Crippen LogP contribution >= 0.6 is 11.6 Å². The molecule has 0 aromatic heterocycles. The van der Waals surface area contributed by atoms with Gasteiger partial charge in [0.25, 0.3) is 0 Å². The van der Waals surface area contributed by atoms with E-state index in [9.17, 15) is 0 Å². The van der Waals surface area contributed by atoms with Crippen LogP contribution in [0.15, 0.2) is 12.1 Å². The second kappa shape index (κ2) is 4.56. The molecular weight excluding hydrogens is 200 g/mol. The van der Waals surface area contributed by atoms with E-state index in [0.717, 1.165) is 17.1 Å². The van der Waals surface area contributed by atoms with Crippen LogP contribution in [-0.4, -0.2) is 14.2 Å². The zero-order valence-corrected chi connectivity index (χ0v) is 9.68. The molecule has 0 aliphatic rings. The summed E-state index contributed by atoms with van der Waals surface area (Å²) in [7, 11) is 3.25. The van der Waals surface area contributed by atoms with Crippen molar-refractivity contribution in [3.63, 3.8) is 0 Å². The first-order valence-corrected chi connectivity index (χ1v) is 4.89. The maximum absolute atomic E-state index is 6.13. The quantitative estimate of drug-likeness (QED) is 0.767. The first-order valence-electron chi connectivity index (χ1n) is 4.51. The highest BCUT2D eigenvalue weighted by Gasteiger charge is 2.13. The maximum atomic E-state index is 6.13. The molecule has 0 radical (unpaired) electrons. The SMILES string of the molecule is COc1cc(Cl)c(C(C)C)c(OC)c1. The summed E-state index contributed by atoms with van der Waals surface area (Å²) in [4.78, 5) is 0. The number of rotatable bonds is 3. The molecule has 1 aromatic rings. The van der Waals surface area contributed by atoms with Crippen LogP contribution in [0.2, 0.25) is 5.02 Å². The van der Waals surface area contributed by atoms with E-state index in [2.05, 4.69) is 13.8 Å². The molecule has 0 saturated heterocycles. The molecule has 0 aliphatic heterocycles. The second-order valence-electron chi connectivity index (χ2n) is 3.38. The van der Waals surface area contributed by atoms with E-state index >= 15 is 0 Å². The lowest BCUT2D eigenvalue weighted by Gasteiger charge is -2.14. The van der Waals surface area contributed by atoms with Crippen molar-refractivity contribution in [2.45, 2.75) is 19.8 Å². The molecule has 14 heavy (non-hydrogen) atoms. The maximum Gasteiger partial charge on any atom is 0.127 e. The first-order chi connectivity index (χ1) is 6.60. The summed E-state index contributed by atoms with van der Waals surface area (Å²) in [6.45, 7) is 4.16. The van der Waals surface area contributed by atoms with E-state index in [-0.39, 0.29) is 0 Å². The summed E-state index contributed by atoms with van der Waals surface area (Å²) >= 11 is 6.13. The molecule has 0 spiro atoms. The number of hydrogen-bond donors (Lipinski definition) is 0. The van der Waals surface area contributed by atoms with Gasteiger partial charge in [-0.3, -0.25) is 0 Å². The van der Waals surface area contributed by atoms with Crippen molar-refractivity contribution in [3.8, 4) is 11.5 Å². The topological polar surface area (TPSA) is 18.5 Å². The van der Waals surface area contributed by atoms with Gasteiger partial charge in [-0.15, -0.1) is 0 Å². The minimum atomic E-state index is 0.336. The van der Waals surface area contributed by atoms with Crippen LogP contribution in [0.3, 0.4) is 0 Å². The molecule has 0 atom stereocenters. The van der Waals surface area contributed by atoms with E-state index in [4.69, 9.17) is 21.1 Å². The van der Waals surface area contributed by atoms with Crippen LogP contribution < -0.4 is 9.47 Å². The van der Waals surface area contributed by atoms with Gasteiger partial charge in [0.1, 0.15) is 11.5 Å². The molecule has 0 saturated carbocycles. The molecule has 0 N–H and O–H groups in total. The Balaban J connectivity index is 3.27. The van der Waals surface area contributed by atoms with Crippen LogP contribution in [0.4, 0.5) is 0 Å². The van der Waals surface area contributed by atoms with Gasteiger partial charge in [-0.05, 0) is 12.0 Å². The van der Waals surface area contributed by atoms with E-state index < -0.39 is 0 Å². The van der Waals surface area contributed by atoms with Crippen molar-refractivity contribution in [1.29, 1.82) is 0 Å². The number of hydrogen-bond acceptors (Lipinski definition) is 2. The molecule has 0 unspecified atom stereocenters. The average molecular weight is 215 g/mol. The highest BCUT2D eigenvalue weighted by molar-refractivity contribution is 6.31. The molecule has 0 heterocycles. The minimum Gasteiger partial charge on any atom is -0.497 e. The number of benzene rings is 1. The number of methoxy groups -OCH3 is 2. The highest BCUT2D eigenvalue weighted by Crippen LogP contribution is 2.36. The predicted octanol–water partition coefficient (Wildman–Crippen LogP) is 3.48. The number of ether oxygens (including phenoxy) is 2. The average Bonchev–Trinajstić information content (AvgIpc) is 2.15. The monoisotopic (exact) mass is 214 g/mol. The van der Waals surface area contributed by atoms with Crippen molar-refractivity contribution >= 4 is 11.6 Å². The van der Waals surface area contributed by atoms with Gasteiger partial charge in [0.15, 0.2) is 0 Å². The third kappa shape index (κ3) is 2.13. The van der Waals surface area contributed by atoms with Gasteiger partial charge in [-0.1, -0.05) is 25.4 Å². The largest absolute Gasteiger partial charge is 0.497 e. The summed E-state index contributed by atoms with van der Waals surface area (Å²) < 4.78 is 10.4. The van der Waals surface area contributed by atoms with E-state index in [1.807, 2.05) is 6.07 Å². The van der Waals surface area contributed by atoms with Gasteiger partial charge in [-0.2, -0.15) is 0 Å². The molecule has 1 rings (SSSR count). The van der Waals surface area contributed by atoms with Gasteiger partial charge in [-0.25, -0.2) is 0 Å². The Kier molecular flexibility index (Phi) is 3.64. The molecular formula is C11H15ClO2. The zero-order chi connectivity index (χ0) is 10.7. The fourth-order valence-electron chi connectivity index (χ4n) is 1.42. The lowest BCUT2D eigenvalue weighted by atomic mass is 10.0. The third-order valence-corrected chi connectivity index (χ3v) is 2.41. The minimum absolute atomic E-state index is 0.336. The Hall–Kier alpha value is -0.890. The van der Waals surface area contributed by atoms with E-state index in [1.54, 1.807) is 20.3 Å². The smallest absolute Gasteiger partial charge is 0.127 e. The fourth-order valence-corrected chi connectivity index (χ4v) is 1.83. The second-order valence-corrected chi connectivity index (χ2v) is 3.79. The molecule has 3 heteroatoms. The van der Waals surface area contributed by atoms with Crippen molar-refractivity contribution in [1.82, 2.24) is 0 Å². The van der Waals surface area contributed by atoms with E-state index in [0.29, 0.717) is 10.9 Å². The Morgan fingerprint density at radius 1 is 1.14 bits per heavy atom. The zero-order valence-electron chi connectivity index (χ0n) is 8.93. The Morgan fingerprint density at radius 3 is 2.21 bits per heavy atom. The summed E-state index contributed by atoms with van der Waals surface area (Å²) in [5, 5.41) is 0.691. The van der Waals surface area contributed by atoms with Gasteiger partial charge in [0.05, 0.1) is 19.2 Å². The highest BCUT2D eigenvalue weighted by atomic mass is 35.5. The van der Waals surface area contributed by atoms with Crippen LogP contribution in [0.25, 0.3) is 0 Å². The standard InChI is InChI=1S/C11H15ClO2/c1-7(2)11-9(12)5-8(13-3)6-10(11)14-4/h5-7H,1-4H3. The van der Waals surface area contributed by atoms with Crippen molar-refractivity contribution in [3.05, 3.63) is 22.7 Å². The van der Waals surface area contributed by atoms with Crippen LogP contribution in [-0.2, 0) is 0 Å². The van der Waals surface area contributed by atoms with Crippen molar-refractivity contribution in [2.75, 3.05) is 14.2 Å². The van der Waals surface area contributed by atoms with E-state index in [1.165, 1.54) is 0 Å². The van der Waals surface area contributed by atoms with Crippen LogP contribution in [0.1, 0.15) is 25.3 Å². The molecule has 2 nitrogen and oxygen atoms in total. The van der Waals surface area contributed by atoms with Crippen LogP contribution in [0, 0.1) is 0 Å². The Morgan fingerprint density at radius 2 is 1.79 bits per heavy atom. The van der Waals surface area contributed by atoms with Crippen molar-refractivity contribution in [2.24, 2.45) is 0 Å². The van der Waals surface area contributed by atoms with Gasteiger partial charge >= 0.3 is 0 Å². The Bertz CT molecular complexity index is 321. The fraction of sp³-hybridized carbons (Fsp3) is 0.455. The third-order valence-electron chi connectivity index (χ3n) is 2.10. The summed E-state index contributed by atoms with van der Waals surface area (Å²) in [6, 6.07) is 3.65. The predicted molar refractivity (Wildman–Crippen MR) is 58.6 cm³/mol. The molecule has 78 valence electrons. The molecule has 0 amide bonds. The lowest BCUT2D eigenvalue weighted by molar-refractivity contribution is 0.390. The molecule has 1 aromatic carbocycles. The molecule has 0 aliphatic carbocycles. The molecule has 0 bridgehead atoms. The molecule has 0 fully saturated rings. The normalized spacial score (nSPS) is 10.4. The van der Waals surface area contributed by atoms with Gasteiger partial charge < -0.3 is 9.47 Å². The summed E-state index contributed by atoms with van der Waals surface area (Å²) in [5.74, 6) is 1.84. The number of halogens is 1. The van der Waals surface area contributed by atoms with Crippen molar-refractivity contribution < 1.29 is 9.47 Å². The Labute approximate surface area is 89.8 Å². The van der Waals surface area contributed by atoms with Gasteiger partial charge in [0, 0.05) is 11.6 Å². The lowest BCUT2D eigenvalue weighted by Crippen LogP contribution is -1.96.